The number of ether oxygens (including phenoxy) is 1. The zero-order valence-corrected chi connectivity index (χ0v) is 19.8. The molecule has 1 N–H and O–H groups in total. The van der Waals surface area contributed by atoms with Crippen LogP contribution in [-0.4, -0.2) is 57.7 Å². The number of sulfonamides is 1. The molecule has 0 radical (unpaired) electrons. The molecule has 0 amide bonds. The molecule has 0 aliphatic carbocycles. The fourth-order valence-corrected chi connectivity index (χ4v) is 4.78. The average molecular weight is 497 g/mol. The van der Waals surface area contributed by atoms with Crippen LogP contribution < -0.4 is 9.62 Å². The number of terminal acetylenes is 1. The molecular weight excluding hydrogens is 469 g/mol. The third kappa shape index (κ3) is 5.81. The van der Waals surface area contributed by atoms with Gasteiger partial charge in [0.2, 0.25) is 10.0 Å². The molecule has 0 atom stereocenters. The Morgan fingerprint density at radius 3 is 2.65 bits per heavy atom. The van der Waals surface area contributed by atoms with Crippen LogP contribution in [-0.2, 0) is 21.3 Å². The molecule has 184 valence electrons. The van der Waals surface area contributed by atoms with Crippen LogP contribution in [0.5, 0.6) is 0 Å². The Morgan fingerprint density at radius 1 is 1.32 bits per heavy atom. The third-order valence-electron chi connectivity index (χ3n) is 5.62. The highest BCUT2D eigenvalue weighted by Gasteiger charge is 2.32. The van der Waals surface area contributed by atoms with Gasteiger partial charge in [-0.25, -0.2) is 13.1 Å². The lowest BCUT2D eigenvalue weighted by Crippen LogP contribution is -2.27. The lowest BCUT2D eigenvalue weighted by Gasteiger charge is -2.15. The van der Waals surface area contributed by atoms with Crippen LogP contribution in [0.4, 0.5) is 19.0 Å². The zero-order valence-electron chi connectivity index (χ0n) is 19.0. The Balaban J connectivity index is 2.11. The maximum absolute atomic E-state index is 13.4. The van der Waals surface area contributed by atoms with E-state index in [1.807, 2.05) is 4.90 Å². The molecule has 1 aromatic carbocycles. The van der Waals surface area contributed by atoms with Gasteiger partial charge in [-0.1, -0.05) is 5.92 Å². The molecule has 0 bridgehead atoms. The molecular formula is C23H27F3N4O3S. The van der Waals surface area contributed by atoms with E-state index >= 15 is 0 Å². The Morgan fingerprint density at radius 2 is 2.03 bits per heavy atom. The molecule has 0 spiro atoms. The lowest BCUT2D eigenvalue weighted by atomic mass is 10.1. The van der Waals surface area contributed by atoms with E-state index in [0.717, 1.165) is 32.9 Å². The number of aromatic nitrogens is 2. The van der Waals surface area contributed by atoms with Crippen molar-refractivity contribution in [1.29, 1.82) is 0 Å². The predicted molar refractivity (Wildman–Crippen MR) is 125 cm³/mol. The monoisotopic (exact) mass is 496 g/mol. The van der Waals surface area contributed by atoms with E-state index in [1.54, 1.807) is 6.07 Å². The summed E-state index contributed by atoms with van der Waals surface area (Å²) in [5, 5.41) is 5.16. The van der Waals surface area contributed by atoms with Crippen LogP contribution in [0.1, 0.15) is 19.8 Å². The molecule has 1 fully saturated rings. The van der Waals surface area contributed by atoms with E-state index in [0.29, 0.717) is 16.7 Å². The minimum atomic E-state index is -4.52. The summed E-state index contributed by atoms with van der Waals surface area (Å²) in [7, 11) is -2.33. The highest BCUT2D eigenvalue weighted by Crippen LogP contribution is 2.33. The molecule has 0 saturated carbocycles. The Kier molecular flexibility index (Phi) is 8.07. The van der Waals surface area contributed by atoms with Gasteiger partial charge in [0.1, 0.15) is 0 Å². The fraction of sp³-hybridized carbons (Fsp3) is 0.435. The van der Waals surface area contributed by atoms with Gasteiger partial charge in [-0.2, -0.15) is 18.3 Å². The van der Waals surface area contributed by atoms with Crippen molar-refractivity contribution in [3.8, 4) is 12.3 Å². The standard InChI is InChI=1S/C23H27F3N4O3S/c1-4-5-8-18(17(2)23(24,25)26)16-30-21-10-9-19(34(31,32)27-11-14-33-3)15-20(21)22(28-30)29-12-6-7-13-29/h1,5,8-10,15,27H,6-7,11-14,16H2,2-3H3/b8-5-,18-17-. The van der Waals surface area contributed by atoms with Gasteiger partial charge in [0.15, 0.2) is 5.82 Å². The van der Waals surface area contributed by atoms with Gasteiger partial charge in [0, 0.05) is 37.7 Å². The molecule has 1 aliphatic rings. The minimum absolute atomic E-state index is 0.0271. The normalized spacial score (nSPS) is 15.8. The van der Waals surface area contributed by atoms with Crippen molar-refractivity contribution in [2.24, 2.45) is 0 Å². The van der Waals surface area contributed by atoms with Crippen molar-refractivity contribution in [3.63, 3.8) is 0 Å². The first kappa shape index (κ1) is 25.8. The molecule has 1 saturated heterocycles. The molecule has 2 heterocycles. The number of hydrogen-bond donors (Lipinski definition) is 1. The smallest absolute Gasteiger partial charge is 0.383 e. The summed E-state index contributed by atoms with van der Waals surface area (Å²) in [4.78, 5) is 2.07. The predicted octanol–water partition coefficient (Wildman–Crippen LogP) is 3.63. The molecule has 1 aromatic heterocycles. The maximum Gasteiger partial charge on any atom is 0.412 e. The maximum atomic E-state index is 13.4. The van der Waals surface area contributed by atoms with Crippen LogP contribution in [0.15, 0.2) is 46.4 Å². The number of fused-ring (bicyclic) bond motifs is 1. The lowest BCUT2D eigenvalue weighted by molar-refractivity contribution is -0.0921. The van der Waals surface area contributed by atoms with Gasteiger partial charge in [0.25, 0.3) is 0 Å². The second-order valence-electron chi connectivity index (χ2n) is 7.89. The van der Waals surface area contributed by atoms with E-state index in [4.69, 9.17) is 11.2 Å². The summed E-state index contributed by atoms with van der Waals surface area (Å²) in [5.41, 5.74) is -0.271. The Bertz CT molecular complexity index is 1230. The van der Waals surface area contributed by atoms with Crippen molar-refractivity contribution in [1.82, 2.24) is 14.5 Å². The highest BCUT2D eigenvalue weighted by molar-refractivity contribution is 7.89. The topological polar surface area (TPSA) is 76.5 Å². The van der Waals surface area contributed by atoms with E-state index in [2.05, 4.69) is 15.7 Å². The summed E-state index contributed by atoms with van der Waals surface area (Å²) < 4.78 is 74.6. The minimum Gasteiger partial charge on any atom is -0.383 e. The van der Waals surface area contributed by atoms with Crippen LogP contribution >= 0.6 is 0 Å². The molecule has 34 heavy (non-hydrogen) atoms. The van der Waals surface area contributed by atoms with Gasteiger partial charge >= 0.3 is 6.18 Å². The largest absolute Gasteiger partial charge is 0.412 e. The van der Waals surface area contributed by atoms with Crippen LogP contribution in [0.2, 0.25) is 0 Å². The number of nitrogens with one attached hydrogen (secondary N) is 1. The van der Waals surface area contributed by atoms with Crippen molar-refractivity contribution in [3.05, 3.63) is 41.5 Å². The van der Waals surface area contributed by atoms with Crippen LogP contribution in [0.3, 0.4) is 0 Å². The highest BCUT2D eigenvalue weighted by atomic mass is 32.2. The van der Waals surface area contributed by atoms with E-state index < -0.39 is 21.8 Å². The number of halogens is 3. The Hall–Kier alpha value is -2.81. The summed E-state index contributed by atoms with van der Waals surface area (Å²) in [6, 6.07) is 4.50. The van der Waals surface area contributed by atoms with Crippen molar-refractivity contribution >= 4 is 26.7 Å². The number of anilines is 1. The first-order chi connectivity index (χ1) is 16.1. The number of alkyl halides is 3. The second kappa shape index (κ2) is 10.6. The second-order valence-corrected chi connectivity index (χ2v) is 9.66. The summed E-state index contributed by atoms with van der Waals surface area (Å²) in [6.07, 6.45) is 5.07. The number of methoxy groups -OCH3 is 1. The number of nitrogens with zero attached hydrogens (tertiary/aromatic N) is 3. The average Bonchev–Trinajstić information content (AvgIpc) is 3.43. The van der Waals surface area contributed by atoms with Crippen molar-refractivity contribution in [2.45, 2.75) is 37.4 Å². The molecule has 2 aromatic rings. The summed E-state index contributed by atoms with van der Waals surface area (Å²) in [6.45, 7) is 2.62. The van der Waals surface area contributed by atoms with E-state index in [9.17, 15) is 21.6 Å². The molecule has 7 nitrogen and oxygen atoms in total. The van der Waals surface area contributed by atoms with Crippen molar-refractivity contribution in [2.75, 3.05) is 38.3 Å². The van der Waals surface area contributed by atoms with Gasteiger partial charge < -0.3 is 9.64 Å². The molecule has 3 rings (SSSR count). The third-order valence-corrected chi connectivity index (χ3v) is 7.08. The van der Waals surface area contributed by atoms with E-state index in [-0.39, 0.29) is 30.2 Å². The van der Waals surface area contributed by atoms with Gasteiger partial charge in [-0.15, -0.1) is 6.42 Å². The molecule has 0 unspecified atom stereocenters. The number of benzene rings is 1. The molecule has 1 aliphatic heterocycles. The zero-order chi connectivity index (χ0) is 24.9. The van der Waals surface area contributed by atoms with Crippen LogP contribution in [0, 0.1) is 12.3 Å². The van der Waals surface area contributed by atoms with Crippen LogP contribution in [0.25, 0.3) is 10.9 Å². The SMILES string of the molecule is C#C/C=C\C(Cn1nc(N2CCCC2)c2cc(S(=O)(=O)NCCOC)ccc21)=C(/C)C(F)(F)F. The summed E-state index contributed by atoms with van der Waals surface area (Å²) in [5.74, 6) is 2.77. The molecule has 11 heteroatoms. The Labute approximate surface area is 197 Å². The number of rotatable bonds is 9. The summed E-state index contributed by atoms with van der Waals surface area (Å²) >= 11 is 0. The first-order valence-electron chi connectivity index (χ1n) is 10.7. The first-order valence-corrected chi connectivity index (χ1v) is 12.2. The number of hydrogen-bond acceptors (Lipinski definition) is 5. The fourth-order valence-electron chi connectivity index (χ4n) is 3.74. The quantitative estimate of drug-likeness (QED) is 0.326. The number of allylic oxidation sites excluding steroid dienone is 4. The van der Waals surface area contributed by atoms with Gasteiger partial charge in [0.05, 0.1) is 23.6 Å². The van der Waals surface area contributed by atoms with E-state index in [1.165, 1.54) is 36.1 Å². The van der Waals surface area contributed by atoms with Gasteiger partial charge in [-0.05, 0) is 55.7 Å². The van der Waals surface area contributed by atoms with Gasteiger partial charge in [-0.3, -0.25) is 4.68 Å². The van der Waals surface area contributed by atoms with Crippen molar-refractivity contribution < 1.29 is 26.3 Å².